The maximum atomic E-state index is 13.4. The number of carbonyl (C=O) groups excluding carboxylic acids is 1. The molecule has 0 spiro atoms. The topological polar surface area (TPSA) is 82.0 Å². The normalized spacial score (nSPS) is 23.7. The molecule has 1 N–H and O–H groups in total. The summed E-state index contributed by atoms with van der Waals surface area (Å²) in [5.74, 6) is -2.99. The Morgan fingerprint density at radius 3 is 2.52 bits per heavy atom. The molecular formula is C18H16FNO4S. The number of oxime groups is 1. The number of aryl methyl sites for hydroxylation is 1. The highest BCUT2D eigenvalue weighted by Gasteiger charge is 2.58. The van der Waals surface area contributed by atoms with E-state index < -0.39 is 34.7 Å². The van der Waals surface area contributed by atoms with Crippen LogP contribution in [0.5, 0.6) is 0 Å². The Hall–Kier alpha value is -2.22. The number of carbonyl (C=O) groups is 1. The van der Waals surface area contributed by atoms with Crippen molar-refractivity contribution in [2.75, 3.05) is 6.67 Å². The monoisotopic (exact) mass is 361 g/mol. The van der Waals surface area contributed by atoms with Crippen LogP contribution in [0.3, 0.4) is 0 Å². The predicted octanol–water partition coefficient (Wildman–Crippen LogP) is 2.40. The molecule has 0 radical (unpaired) electrons. The molecule has 1 heterocycles. The van der Waals surface area contributed by atoms with E-state index in [1.807, 2.05) is 6.92 Å². The molecule has 0 bridgehead atoms. The molecule has 5 nitrogen and oxygen atoms in total. The van der Waals surface area contributed by atoms with Gasteiger partial charge in [0.15, 0.2) is 17.3 Å². The van der Waals surface area contributed by atoms with Gasteiger partial charge in [-0.3, -0.25) is 4.79 Å². The second-order valence-electron chi connectivity index (χ2n) is 5.73. The number of halogens is 1. The fourth-order valence-electron chi connectivity index (χ4n) is 2.51. The van der Waals surface area contributed by atoms with E-state index in [9.17, 15) is 18.8 Å². The second-order valence-corrected chi connectivity index (χ2v) is 7.27. The van der Waals surface area contributed by atoms with E-state index in [0.29, 0.717) is 10.5 Å². The van der Waals surface area contributed by atoms with E-state index in [-0.39, 0.29) is 5.71 Å². The van der Waals surface area contributed by atoms with Gasteiger partial charge >= 0.3 is 5.79 Å². The van der Waals surface area contributed by atoms with E-state index in [2.05, 4.69) is 5.16 Å². The molecule has 2 aromatic carbocycles. The van der Waals surface area contributed by atoms with Crippen molar-refractivity contribution in [1.82, 2.24) is 0 Å². The van der Waals surface area contributed by atoms with Crippen LogP contribution in [-0.4, -0.2) is 38.9 Å². The van der Waals surface area contributed by atoms with Gasteiger partial charge in [-0.25, -0.2) is 4.39 Å². The molecule has 2 unspecified atom stereocenters. The number of hydrogen-bond acceptors (Lipinski definition) is 5. The summed E-state index contributed by atoms with van der Waals surface area (Å²) < 4.78 is 26.4. The lowest BCUT2D eigenvalue weighted by molar-refractivity contribution is -0.191. The van der Waals surface area contributed by atoms with Gasteiger partial charge in [0.05, 0.1) is 0 Å². The number of alkyl halides is 1. The van der Waals surface area contributed by atoms with Crippen molar-refractivity contribution in [2.45, 2.75) is 22.9 Å². The second kappa shape index (κ2) is 6.95. The number of nitrogens with zero attached hydrogens (tertiary/aromatic N) is 1. The zero-order chi connectivity index (χ0) is 18.0. The van der Waals surface area contributed by atoms with Crippen molar-refractivity contribution >= 4 is 22.7 Å². The lowest BCUT2D eigenvalue weighted by atomic mass is 10.0. The van der Waals surface area contributed by atoms with Gasteiger partial charge in [0.1, 0.15) is 0 Å². The smallest absolute Gasteiger partial charge is 0.317 e. The molecule has 0 amide bonds. The summed E-state index contributed by atoms with van der Waals surface area (Å²) in [6.45, 7) is 0.527. The maximum Gasteiger partial charge on any atom is 0.317 e. The number of benzene rings is 2. The number of Topliss-reactive ketones (excluding diaryl/α,β-unsaturated/α-hetero) is 1. The van der Waals surface area contributed by atoms with Gasteiger partial charge in [-0.15, -0.1) is 0 Å². The van der Waals surface area contributed by atoms with Gasteiger partial charge < -0.3 is 14.5 Å². The van der Waals surface area contributed by atoms with Gasteiger partial charge in [0, 0.05) is 16.7 Å². The van der Waals surface area contributed by atoms with E-state index in [1.54, 1.807) is 54.6 Å². The Morgan fingerprint density at radius 1 is 1.28 bits per heavy atom. The molecule has 3 rings (SSSR count). The van der Waals surface area contributed by atoms with Crippen molar-refractivity contribution in [1.29, 1.82) is 0 Å². The molecule has 3 atom stereocenters. The van der Waals surface area contributed by atoms with Crippen LogP contribution in [0, 0.1) is 6.92 Å². The Kier molecular flexibility index (Phi) is 4.89. The Balaban J connectivity index is 1.98. The van der Waals surface area contributed by atoms with E-state index in [0.717, 1.165) is 5.56 Å². The number of rotatable bonds is 5. The Labute approximate surface area is 147 Å². The molecular weight excluding hydrogens is 345 g/mol. The summed E-state index contributed by atoms with van der Waals surface area (Å²) in [5, 5.41) is 12.5. The highest BCUT2D eigenvalue weighted by atomic mass is 32.2. The van der Waals surface area contributed by atoms with Crippen molar-refractivity contribution in [3.8, 4) is 0 Å². The number of aliphatic hydroxyl groups is 1. The minimum absolute atomic E-state index is 0.259. The van der Waals surface area contributed by atoms with Crippen LogP contribution in [0.4, 0.5) is 4.39 Å². The third kappa shape index (κ3) is 3.30. The molecule has 0 fully saturated rings. The summed E-state index contributed by atoms with van der Waals surface area (Å²) >= 11 is -1.93. The molecule has 130 valence electrons. The summed E-state index contributed by atoms with van der Waals surface area (Å²) in [7, 11) is 0. The number of hydrogen-bond donors (Lipinski definition) is 1. The van der Waals surface area contributed by atoms with E-state index in [1.165, 1.54) is 0 Å². The fourth-order valence-corrected chi connectivity index (χ4v) is 3.98. The molecule has 0 aromatic heterocycles. The quantitative estimate of drug-likeness (QED) is 0.655. The van der Waals surface area contributed by atoms with Crippen LogP contribution >= 0.6 is 0 Å². The minimum Gasteiger partial charge on any atom is -0.611 e. The van der Waals surface area contributed by atoms with Crippen molar-refractivity contribution in [2.24, 2.45) is 5.16 Å². The standard InChI is InChI=1S/C18H16FNO4S/c1-12-7-9-14(10-8-12)25(23)17-15(20-24-18(17,22)11-19)16(21)13-5-3-2-4-6-13/h2-10,17,22H,11H2,1H3/t17?,18?,25-/m0/s1. The molecule has 1 aliphatic heterocycles. The highest BCUT2D eigenvalue weighted by Crippen LogP contribution is 2.33. The maximum absolute atomic E-state index is 13.4. The molecule has 2 aromatic rings. The third-order valence-corrected chi connectivity index (χ3v) is 5.64. The first-order chi connectivity index (χ1) is 12.0. The lowest BCUT2D eigenvalue weighted by Gasteiger charge is -2.26. The SMILES string of the molecule is Cc1ccc([S@+]([O-])C2C(C(=O)c3ccccc3)=NOC2(O)CF)cc1. The summed E-state index contributed by atoms with van der Waals surface area (Å²) in [6, 6.07) is 14.9. The molecule has 0 saturated carbocycles. The van der Waals surface area contributed by atoms with Crippen LogP contribution in [0.2, 0.25) is 0 Å². The van der Waals surface area contributed by atoms with Crippen LogP contribution in [-0.2, 0) is 16.0 Å². The Bertz CT molecular complexity index is 796. The van der Waals surface area contributed by atoms with Crippen LogP contribution in [0.15, 0.2) is 64.6 Å². The van der Waals surface area contributed by atoms with Gasteiger partial charge in [-0.05, 0) is 19.1 Å². The van der Waals surface area contributed by atoms with Crippen molar-refractivity contribution in [3.63, 3.8) is 0 Å². The Morgan fingerprint density at radius 2 is 1.92 bits per heavy atom. The average Bonchev–Trinajstić information content (AvgIpc) is 3.00. The summed E-state index contributed by atoms with van der Waals surface area (Å²) in [6.07, 6.45) is 0. The van der Waals surface area contributed by atoms with Crippen molar-refractivity contribution in [3.05, 3.63) is 65.7 Å². The van der Waals surface area contributed by atoms with Gasteiger partial charge in [-0.1, -0.05) is 53.2 Å². The fraction of sp³-hybridized carbons (Fsp3) is 0.222. The van der Waals surface area contributed by atoms with Crippen LogP contribution in [0.25, 0.3) is 0 Å². The first-order valence-electron chi connectivity index (χ1n) is 7.57. The van der Waals surface area contributed by atoms with Gasteiger partial charge in [0.2, 0.25) is 11.0 Å². The van der Waals surface area contributed by atoms with Crippen LogP contribution in [0.1, 0.15) is 15.9 Å². The first kappa shape index (κ1) is 17.6. The van der Waals surface area contributed by atoms with E-state index in [4.69, 9.17) is 4.84 Å². The first-order valence-corrected chi connectivity index (χ1v) is 8.79. The summed E-state index contributed by atoms with van der Waals surface area (Å²) in [4.78, 5) is 17.8. The molecule has 0 aliphatic carbocycles. The van der Waals surface area contributed by atoms with Gasteiger partial charge in [0.25, 0.3) is 0 Å². The minimum atomic E-state index is -2.43. The highest BCUT2D eigenvalue weighted by molar-refractivity contribution is 7.93. The lowest BCUT2D eigenvalue weighted by Crippen LogP contribution is -2.51. The van der Waals surface area contributed by atoms with Crippen molar-refractivity contribution < 1.29 is 23.7 Å². The molecule has 25 heavy (non-hydrogen) atoms. The largest absolute Gasteiger partial charge is 0.611 e. The molecule has 1 aliphatic rings. The predicted molar refractivity (Wildman–Crippen MR) is 91.6 cm³/mol. The summed E-state index contributed by atoms with van der Waals surface area (Å²) in [5.41, 5.74) is 0.988. The third-order valence-electron chi connectivity index (χ3n) is 3.89. The van der Waals surface area contributed by atoms with E-state index >= 15 is 0 Å². The van der Waals surface area contributed by atoms with Crippen LogP contribution < -0.4 is 0 Å². The molecule has 0 saturated heterocycles. The average molecular weight is 361 g/mol. The molecule has 7 heteroatoms. The zero-order valence-corrected chi connectivity index (χ0v) is 14.2. The zero-order valence-electron chi connectivity index (χ0n) is 13.4. The number of ketones is 1. The van der Waals surface area contributed by atoms with Gasteiger partial charge in [-0.2, -0.15) is 0 Å².